The van der Waals surface area contributed by atoms with Gasteiger partial charge in [0.1, 0.15) is 0 Å². The highest BCUT2D eigenvalue weighted by Gasteiger charge is 2.34. The molecule has 1 fully saturated rings. The molecule has 0 radical (unpaired) electrons. The molecular weight excluding hydrogens is 348 g/mol. The fourth-order valence-corrected chi connectivity index (χ4v) is 3.71. The molecule has 2 aromatic rings. The zero-order valence-corrected chi connectivity index (χ0v) is 16.5. The highest BCUT2D eigenvalue weighted by atomic mass is 35.5. The largest absolute Gasteiger partial charge is 0.398 e. The fourth-order valence-electron chi connectivity index (χ4n) is 3.71. The topological polar surface area (TPSA) is 64.2 Å². The lowest BCUT2D eigenvalue weighted by Gasteiger charge is -2.29. The van der Waals surface area contributed by atoms with E-state index < -0.39 is 0 Å². The van der Waals surface area contributed by atoms with Gasteiger partial charge in [0.15, 0.2) is 5.69 Å². The van der Waals surface area contributed by atoms with Crippen LogP contribution in [0.5, 0.6) is 0 Å². The van der Waals surface area contributed by atoms with E-state index in [1.54, 1.807) is 0 Å². The highest BCUT2D eigenvalue weighted by molar-refractivity contribution is 6.06. The van der Waals surface area contributed by atoms with Crippen LogP contribution in [-0.2, 0) is 12.0 Å². The van der Waals surface area contributed by atoms with Gasteiger partial charge in [0.05, 0.1) is 5.54 Å². The third-order valence-electron chi connectivity index (χ3n) is 5.12. The zero-order valence-electron chi connectivity index (χ0n) is 15.7. The van der Waals surface area contributed by atoms with Crippen LogP contribution in [0.2, 0.25) is 0 Å². The molecule has 1 aromatic heterocycles. The van der Waals surface area contributed by atoms with E-state index in [1.807, 2.05) is 33.8 Å². The minimum Gasteiger partial charge on any atom is -0.398 e. The van der Waals surface area contributed by atoms with Crippen LogP contribution in [0.1, 0.15) is 67.7 Å². The van der Waals surface area contributed by atoms with E-state index in [2.05, 4.69) is 20.8 Å². The number of aromatic nitrogens is 2. The van der Waals surface area contributed by atoms with Crippen molar-refractivity contribution in [1.82, 2.24) is 9.78 Å². The number of hydrogen-bond acceptors (Lipinski definition) is 3. The smallest absolute Gasteiger partial charge is 0.278 e. The Hall–Kier alpha value is -2.01. The number of amides is 1. The number of carbonyl (C=O) groups is 1. The maximum absolute atomic E-state index is 13.2. The van der Waals surface area contributed by atoms with Crippen molar-refractivity contribution >= 4 is 29.7 Å². The van der Waals surface area contributed by atoms with E-state index in [0.29, 0.717) is 11.6 Å². The van der Waals surface area contributed by atoms with Gasteiger partial charge < -0.3 is 10.6 Å². The first kappa shape index (κ1) is 18.8. The van der Waals surface area contributed by atoms with Crippen LogP contribution >= 0.6 is 12.4 Å². The number of benzene rings is 1. The average Bonchev–Trinajstić information content (AvgIpc) is 3.31. The summed E-state index contributed by atoms with van der Waals surface area (Å²) >= 11 is 0. The second-order valence-electron chi connectivity index (χ2n) is 8.22. The minimum absolute atomic E-state index is 0. The number of nitrogens with zero attached hydrogens (tertiary/aromatic N) is 3. The summed E-state index contributed by atoms with van der Waals surface area (Å²) < 4.78 is 2.04. The lowest BCUT2D eigenvalue weighted by atomic mass is 9.99. The van der Waals surface area contributed by atoms with Crippen molar-refractivity contribution in [2.45, 2.75) is 57.9 Å². The molecule has 1 aliphatic carbocycles. The Morgan fingerprint density at radius 2 is 2.00 bits per heavy atom. The first-order valence-corrected chi connectivity index (χ1v) is 9.16. The van der Waals surface area contributed by atoms with Gasteiger partial charge in [-0.15, -0.1) is 12.4 Å². The molecule has 2 heterocycles. The third-order valence-corrected chi connectivity index (χ3v) is 5.12. The monoisotopic (exact) mass is 374 g/mol. The van der Waals surface area contributed by atoms with E-state index in [1.165, 1.54) is 18.5 Å². The molecule has 0 unspecified atom stereocenters. The first-order valence-electron chi connectivity index (χ1n) is 9.16. The molecule has 0 bridgehead atoms. The first-order chi connectivity index (χ1) is 11.9. The molecule has 4 rings (SSSR count). The SMILES string of the molecule is CC(C)(C)n1nc(C(=O)N2CCCc3c(N)cccc32)cc1C1CC1.Cl. The molecule has 1 aromatic carbocycles. The fraction of sp³-hybridized carbons (Fsp3) is 0.500. The molecule has 140 valence electrons. The molecule has 1 amide bonds. The molecule has 5 nitrogen and oxygen atoms in total. The van der Waals surface area contributed by atoms with Crippen molar-refractivity contribution < 1.29 is 4.79 Å². The van der Waals surface area contributed by atoms with E-state index in [4.69, 9.17) is 10.8 Å². The Bertz CT molecular complexity index is 833. The summed E-state index contributed by atoms with van der Waals surface area (Å²) in [6.07, 6.45) is 4.24. The number of fused-ring (bicyclic) bond motifs is 1. The van der Waals surface area contributed by atoms with Gasteiger partial charge in [-0.05, 0) is 70.2 Å². The number of hydrogen-bond donors (Lipinski definition) is 1. The van der Waals surface area contributed by atoms with Crippen LogP contribution in [0.3, 0.4) is 0 Å². The maximum atomic E-state index is 13.2. The van der Waals surface area contributed by atoms with Gasteiger partial charge in [0, 0.05) is 29.5 Å². The van der Waals surface area contributed by atoms with E-state index in [9.17, 15) is 4.79 Å². The van der Waals surface area contributed by atoms with Crippen LogP contribution in [0.25, 0.3) is 0 Å². The summed E-state index contributed by atoms with van der Waals surface area (Å²) in [5, 5.41) is 4.71. The Morgan fingerprint density at radius 3 is 2.65 bits per heavy atom. The van der Waals surface area contributed by atoms with E-state index in [-0.39, 0.29) is 23.9 Å². The average molecular weight is 375 g/mol. The van der Waals surface area contributed by atoms with Crippen molar-refractivity contribution in [1.29, 1.82) is 0 Å². The van der Waals surface area contributed by atoms with Gasteiger partial charge in [-0.3, -0.25) is 9.48 Å². The second-order valence-corrected chi connectivity index (χ2v) is 8.22. The van der Waals surface area contributed by atoms with Gasteiger partial charge in [-0.1, -0.05) is 6.07 Å². The molecule has 6 heteroatoms. The summed E-state index contributed by atoms with van der Waals surface area (Å²) in [5.41, 5.74) is 10.5. The molecule has 0 spiro atoms. The maximum Gasteiger partial charge on any atom is 0.278 e. The van der Waals surface area contributed by atoms with Crippen molar-refractivity contribution in [3.05, 3.63) is 41.2 Å². The van der Waals surface area contributed by atoms with Crippen LogP contribution in [0.15, 0.2) is 24.3 Å². The van der Waals surface area contributed by atoms with Crippen LogP contribution in [0.4, 0.5) is 11.4 Å². The molecule has 0 atom stereocenters. The molecule has 2 aliphatic rings. The Labute approximate surface area is 161 Å². The van der Waals surface area contributed by atoms with E-state index >= 15 is 0 Å². The van der Waals surface area contributed by atoms with Gasteiger partial charge in [-0.2, -0.15) is 5.10 Å². The van der Waals surface area contributed by atoms with Gasteiger partial charge in [0.25, 0.3) is 5.91 Å². The molecule has 2 N–H and O–H groups in total. The number of rotatable bonds is 2. The number of nitrogen functional groups attached to an aromatic ring is 1. The minimum atomic E-state index is -0.124. The van der Waals surface area contributed by atoms with Crippen molar-refractivity contribution in [2.24, 2.45) is 0 Å². The van der Waals surface area contributed by atoms with Crippen molar-refractivity contribution in [3.63, 3.8) is 0 Å². The van der Waals surface area contributed by atoms with Gasteiger partial charge >= 0.3 is 0 Å². The normalized spacial score (nSPS) is 16.8. The predicted octanol–water partition coefficient (Wildman–Crippen LogP) is 4.11. The molecule has 0 saturated heterocycles. The number of halogens is 1. The summed E-state index contributed by atoms with van der Waals surface area (Å²) in [5.74, 6) is 0.536. The predicted molar refractivity (Wildman–Crippen MR) is 107 cm³/mol. The summed E-state index contributed by atoms with van der Waals surface area (Å²) in [6.45, 7) is 7.13. The summed E-state index contributed by atoms with van der Waals surface area (Å²) in [4.78, 5) is 15.1. The van der Waals surface area contributed by atoms with Gasteiger partial charge in [0.2, 0.25) is 0 Å². The summed E-state index contributed by atoms with van der Waals surface area (Å²) in [6, 6.07) is 7.83. The van der Waals surface area contributed by atoms with Crippen LogP contribution in [0, 0.1) is 0 Å². The third kappa shape index (κ3) is 3.20. The number of carbonyl (C=O) groups excluding carboxylic acids is 1. The van der Waals surface area contributed by atoms with Crippen LogP contribution < -0.4 is 10.6 Å². The summed E-state index contributed by atoms with van der Waals surface area (Å²) in [7, 11) is 0. The highest BCUT2D eigenvalue weighted by Crippen LogP contribution is 2.42. The molecular formula is C20H27ClN4O. The lowest BCUT2D eigenvalue weighted by molar-refractivity contribution is 0.0979. The van der Waals surface area contributed by atoms with Crippen molar-refractivity contribution in [3.8, 4) is 0 Å². The Kier molecular flexibility index (Phi) is 4.78. The zero-order chi connectivity index (χ0) is 17.8. The lowest BCUT2D eigenvalue weighted by Crippen LogP contribution is -2.36. The molecule has 1 aliphatic heterocycles. The molecule has 1 saturated carbocycles. The quantitative estimate of drug-likeness (QED) is 0.804. The van der Waals surface area contributed by atoms with Crippen molar-refractivity contribution in [2.75, 3.05) is 17.2 Å². The van der Waals surface area contributed by atoms with Gasteiger partial charge in [-0.25, -0.2) is 0 Å². The second kappa shape index (κ2) is 6.62. The number of anilines is 2. The Balaban J connectivity index is 0.00000196. The Morgan fingerprint density at radius 1 is 1.27 bits per heavy atom. The standard InChI is InChI=1S/C20H26N4O.ClH/c1-20(2,3)24-18(13-9-10-13)12-16(22-24)19(25)23-11-5-6-14-15(21)7-4-8-17(14)23;/h4,7-8,12-13H,5-6,9-11,21H2,1-3H3;1H. The molecule has 26 heavy (non-hydrogen) atoms. The van der Waals surface area contributed by atoms with E-state index in [0.717, 1.165) is 36.3 Å². The van der Waals surface area contributed by atoms with Crippen LogP contribution in [-0.4, -0.2) is 22.2 Å². The number of nitrogens with two attached hydrogens (primary N) is 1.